The van der Waals surface area contributed by atoms with E-state index in [0.29, 0.717) is 5.41 Å². The van der Waals surface area contributed by atoms with Crippen LogP contribution in [0, 0.1) is 17.8 Å². The molecule has 0 N–H and O–H groups in total. The monoisotopic (exact) mass is 127 g/mol. The van der Waals surface area contributed by atoms with Gasteiger partial charge in [-0.05, 0) is 26.7 Å². The third kappa shape index (κ3) is 2.78. The van der Waals surface area contributed by atoms with Crippen molar-refractivity contribution in [3.8, 4) is 0 Å². The lowest BCUT2D eigenvalue weighted by Gasteiger charge is -2.19. The molecule has 0 saturated carbocycles. The molecule has 0 aliphatic carbocycles. The number of rotatable bonds is 3. The average Bonchev–Trinajstić information content (AvgIpc) is 1.65. The molecular formula is C9H19+. The summed E-state index contributed by atoms with van der Waals surface area (Å²) in [6.45, 7) is 11.3. The molecule has 0 atom stereocenters. The lowest BCUT2D eigenvalue weighted by atomic mass is 9.78. The van der Waals surface area contributed by atoms with E-state index >= 15 is 0 Å². The zero-order chi connectivity index (χ0) is 7.49. The van der Waals surface area contributed by atoms with Gasteiger partial charge in [0.15, 0.2) is 0 Å². The van der Waals surface area contributed by atoms with Crippen LogP contribution >= 0.6 is 0 Å². The van der Waals surface area contributed by atoms with Gasteiger partial charge in [0, 0.05) is 0 Å². The highest BCUT2D eigenvalue weighted by molar-refractivity contribution is 4.85. The quantitative estimate of drug-likeness (QED) is 0.510. The van der Waals surface area contributed by atoms with Gasteiger partial charge in [-0.2, -0.15) is 0 Å². The van der Waals surface area contributed by atoms with Crippen LogP contribution in [0.4, 0.5) is 0 Å². The summed E-state index contributed by atoms with van der Waals surface area (Å²) in [6.07, 6.45) is 3.57. The summed E-state index contributed by atoms with van der Waals surface area (Å²) in [5.74, 6) is 0.762. The van der Waals surface area contributed by atoms with Crippen LogP contribution in [0.2, 0.25) is 0 Å². The second kappa shape index (κ2) is 3.14. The molecule has 0 aliphatic rings. The van der Waals surface area contributed by atoms with Crippen molar-refractivity contribution in [3.63, 3.8) is 0 Å². The smallest absolute Gasteiger partial charge is 0.0582 e. The van der Waals surface area contributed by atoms with Crippen molar-refractivity contribution in [2.45, 2.75) is 41.0 Å². The zero-order valence-corrected chi connectivity index (χ0v) is 7.36. The molecule has 0 aromatic heterocycles. The Morgan fingerprint density at radius 3 is 1.89 bits per heavy atom. The summed E-state index contributed by atoms with van der Waals surface area (Å²) in [5.41, 5.74) is 0.425. The minimum Gasteiger partial charge on any atom is -0.0582 e. The van der Waals surface area contributed by atoms with E-state index in [1.165, 1.54) is 6.42 Å². The van der Waals surface area contributed by atoms with Crippen molar-refractivity contribution in [3.05, 3.63) is 6.42 Å². The highest BCUT2D eigenvalue weighted by Gasteiger charge is 2.29. The maximum absolute atomic E-state index is 2.39. The van der Waals surface area contributed by atoms with Crippen LogP contribution < -0.4 is 0 Å². The number of hydrogen-bond acceptors (Lipinski definition) is 0. The summed E-state index contributed by atoms with van der Waals surface area (Å²) in [4.78, 5) is 0. The van der Waals surface area contributed by atoms with Crippen LogP contribution in [-0.2, 0) is 0 Å². The van der Waals surface area contributed by atoms with E-state index in [0.717, 1.165) is 5.92 Å². The lowest BCUT2D eigenvalue weighted by Crippen LogP contribution is -2.18. The van der Waals surface area contributed by atoms with Gasteiger partial charge in [-0.1, -0.05) is 13.8 Å². The Morgan fingerprint density at radius 2 is 1.78 bits per heavy atom. The lowest BCUT2D eigenvalue weighted by molar-refractivity contribution is 0.296. The van der Waals surface area contributed by atoms with E-state index in [1.54, 1.807) is 0 Å². The SMILES string of the molecule is CC[CH+]C(C)(C)C(C)C. The summed E-state index contributed by atoms with van der Waals surface area (Å²) in [5, 5.41) is 0. The Labute approximate surface area is 59.7 Å². The summed E-state index contributed by atoms with van der Waals surface area (Å²) < 4.78 is 0. The van der Waals surface area contributed by atoms with Crippen LogP contribution in [0.5, 0.6) is 0 Å². The standard InChI is InChI=1S/C9H19/c1-6-7-9(4,5)8(2)3/h7-8H,6H2,1-5H3/q+1. The van der Waals surface area contributed by atoms with Crippen LogP contribution in [0.25, 0.3) is 0 Å². The highest BCUT2D eigenvalue weighted by Crippen LogP contribution is 2.29. The van der Waals surface area contributed by atoms with Crippen molar-refractivity contribution in [2.75, 3.05) is 0 Å². The van der Waals surface area contributed by atoms with Crippen molar-refractivity contribution >= 4 is 0 Å². The van der Waals surface area contributed by atoms with Crippen LogP contribution in [0.15, 0.2) is 0 Å². The molecule has 0 aliphatic heterocycles. The molecule has 0 heterocycles. The van der Waals surface area contributed by atoms with Crippen molar-refractivity contribution in [1.82, 2.24) is 0 Å². The Balaban J connectivity index is 3.70. The first-order valence-corrected chi connectivity index (χ1v) is 3.85. The van der Waals surface area contributed by atoms with Gasteiger partial charge in [-0.25, -0.2) is 0 Å². The fourth-order valence-electron chi connectivity index (χ4n) is 0.762. The van der Waals surface area contributed by atoms with Crippen LogP contribution in [0.3, 0.4) is 0 Å². The molecular weight excluding hydrogens is 108 g/mol. The molecule has 0 aromatic carbocycles. The Bertz CT molecular complexity index is 70.1. The van der Waals surface area contributed by atoms with Crippen molar-refractivity contribution < 1.29 is 0 Å². The number of hydrogen-bond donors (Lipinski definition) is 0. The second-order valence-electron chi connectivity index (χ2n) is 3.59. The first kappa shape index (κ1) is 8.87. The molecule has 9 heavy (non-hydrogen) atoms. The first-order chi connectivity index (χ1) is 4.00. The van der Waals surface area contributed by atoms with E-state index in [9.17, 15) is 0 Å². The molecule has 0 unspecified atom stereocenters. The molecule has 0 heteroatoms. The zero-order valence-electron chi connectivity index (χ0n) is 7.36. The highest BCUT2D eigenvalue weighted by atomic mass is 14.3. The van der Waals surface area contributed by atoms with Gasteiger partial charge in [-0.15, -0.1) is 0 Å². The molecule has 54 valence electrons. The minimum absolute atomic E-state index is 0.425. The van der Waals surface area contributed by atoms with E-state index in [4.69, 9.17) is 0 Å². The first-order valence-electron chi connectivity index (χ1n) is 3.85. The molecule has 0 aromatic rings. The van der Waals surface area contributed by atoms with E-state index in [-0.39, 0.29) is 0 Å². The van der Waals surface area contributed by atoms with Crippen molar-refractivity contribution in [1.29, 1.82) is 0 Å². The fourth-order valence-corrected chi connectivity index (χ4v) is 0.762. The Kier molecular flexibility index (Phi) is 3.10. The van der Waals surface area contributed by atoms with Gasteiger partial charge in [0.1, 0.15) is 5.41 Å². The third-order valence-electron chi connectivity index (χ3n) is 2.22. The largest absolute Gasteiger partial charge is 0.104 e. The van der Waals surface area contributed by atoms with E-state index in [1.807, 2.05) is 0 Å². The van der Waals surface area contributed by atoms with Gasteiger partial charge in [-0.3, -0.25) is 0 Å². The van der Waals surface area contributed by atoms with Crippen LogP contribution in [-0.4, -0.2) is 0 Å². The second-order valence-corrected chi connectivity index (χ2v) is 3.59. The summed E-state index contributed by atoms with van der Waals surface area (Å²) in [7, 11) is 0. The average molecular weight is 127 g/mol. The van der Waals surface area contributed by atoms with Gasteiger partial charge in [0.2, 0.25) is 0 Å². The molecule has 0 rings (SSSR count). The molecule has 0 amide bonds. The van der Waals surface area contributed by atoms with Gasteiger partial charge >= 0.3 is 0 Å². The Morgan fingerprint density at radius 1 is 1.33 bits per heavy atom. The predicted molar refractivity (Wildman–Crippen MR) is 43.2 cm³/mol. The Hall–Kier alpha value is -0.130. The molecule has 0 bridgehead atoms. The molecule has 0 nitrogen and oxygen atoms in total. The normalized spacial score (nSPS) is 12.2. The van der Waals surface area contributed by atoms with Gasteiger partial charge in [0.05, 0.1) is 12.8 Å². The van der Waals surface area contributed by atoms with Gasteiger partial charge < -0.3 is 0 Å². The third-order valence-corrected chi connectivity index (χ3v) is 2.22. The fraction of sp³-hybridized carbons (Fsp3) is 0.889. The van der Waals surface area contributed by atoms with E-state index in [2.05, 4.69) is 41.0 Å². The van der Waals surface area contributed by atoms with Crippen LogP contribution in [0.1, 0.15) is 41.0 Å². The van der Waals surface area contributed by atoms with Gasteiger partial charge in [0.25, 0.3) is 0 Å². The maximum atomic E-state index is 2.39. The summed E-state index contributed by atoms with van der Waals surface area (Å²) >= 11 is 0. The van der Waals surface area contributed by atoms with E-state index < -0.39 is 0 Å². The molecule has 0 saturated heterocycles. The molecule has 0 fully saturated rings. The molecule has 0 spiro atoms. The topological polar surface area (TPSA) is 0 Å². The minimum atomic E-state index is 0.425. The maximum Gasteiger partial charge on any atom is 0.104 e. The van der Waals surface area contributed by atoms with Crippen molar-refractivity contribution in [2.24, 2.45) is 11.3 Å². The predicted octanol–water partition coefficient (Wildman–Crippen LogP) is 3.28. The summed E-state index contributed by atoms with van der Waals surface area (Å²) in [6, 6.07) is 0. The molecule has 0 radical (unpaired) electrons.